The first-order chi connectivity index (χ1) is 7.13. The molecule has 1 aromatic heterocycles. The molecule has 0 spiro atoms. The molecule has 2 heterocycles. The Balaban J connectivity index is 2.54. The van der Waals surface area contributed by atoms with Crippen LogP contribution in [0.3, 0.4) is 0 Å². The summed E-state index contributed by atoms with van der Waals surface area (Å²) in [5.74, 6) is -1.72. The number of thioether (sulfide) groups is 1. The highest BCUT2D eigenvalue weighted by Gasteiger charge is 2.28. The van der Waals surface area contributed by atoms with E-state index in [-0.39, 0.29) is 23.9 Å². The fourth-order valence-electron chi connectivity index (χ4n) is 1.34. The van der Waals surface area contributed by atoms with E-state index in [4.69, 9.17) is 9.52 Å². The van der Waals surface area contributed by atoms with Gasteiger partial charge in [0.25, 0.3) is 0 Å². The van der Waals surface area contributed by atoms with Crippen molar-refractivity contribution in [3.63, 3.8) is 0 Å². The first kappa shape index (κ1) is 9.91. The van der Waals surface area contributed by atoms with Gasteiger partial charge >= 0.3 is 5.97 Å². The summed E-state index contributed by atoms with van der Waals surface area (Å²) < 4.78 is 5.11. The number of furan rings is 1. The molecule has 0 bridgehead atoms. The standard InChI is InChI=1S/C8H8N2O4S/c1-15-8-5-4(6(14-8)7(12)13)10-3(11)2-9-5/h9H,2H2,1H3,(H,10,11)(H,12,13). The van der Waals surface area contributed by atoms with E-state index in [0.717, 1.165) is 0 Å². The van der Waals surface area contributed by atoms with Crippen molar-refractivity contribution in [2.45, 2.75) is 5.09 Å². The van der Waals surface area contributed by atoms with Gasteiger partial charge in [-0.3, -0.25) is 4.79 Å². The van der Waals surface area contributed by atoms with Gasteiger partial charge < -0.3 is 20.2 Å². The summed E-state index contributed by atoms with van der Waals surface area (Å²) in [6, 6.07) is 0. The largest absolute Gasteiger partial charge is 0.475 e. The maximum Gasteiger partial charge on any atom is 0.374 e. The number of hydrogen-bond acceptors (Lipinski definition) is 5. The van der Waals surface area contributed by atoms with Crippen molar-refractivity contribution >= 4 is 35.0 Å². The molecule has 0 fully saturated rings. The van der Waals surface area contributed by atoms with E-state index in [1.807, 2.05) is 0 Å². The average molecular weight is 228 g/mol. The highest BCUT2D eigenvalue weighted by molar-refractivity contribution is 7.98. The van der Waals surface area contributed by atoms with Crippen LogP contribution in [0.5, 0.6) is 0 Å². The van der Waals surface area contributed by atoms with Gasteiger partial charge in [-0.05, 0) is 6.26 Å². The summed E-state index contributed by atoms with van der Waals surface area (Å²) in [5.41, 5.74) is 0.752. The van der Waals surface area contributed by atoms with Gasteiger partial charge in [0.1, 0.15) is 11.4 Å². The van der Waals surface area contributed by atoms with Crippen LogP contribution in [-0.4, -0.2) is 29.8 Å². The Kier molecular flexibility index (Phi) is 2.31. The summed E-state index contributed by atoms with van der Waals surface area (Å²) in [7, 11) is 0. The summed E-state index contributed by atoms with van der Waals surface area (Å²) in [6.07, 6.45) is 1.77. The molecule has 15 heavy (non-hydrogen) atoms. The number of anilines is 2. The summed E-state index contributed by atoms with van der Waals surface area (Å²) in [5, 5.41) is 14.6. The SMILES string of the molecule is CSc1oc(C(=O)O)c2c1NCC(=O)N2. The fourth-order valence-corrected chi connectivity index (χ4v) is 1.88. The Morgan fingerprint density at radius 1 is 1.53 bits per heavy atom. The van der Waals surface area contributed by atoms with Crippen molar-refractivity contribution in [1.29, 1.82) is 0 Å². The van der Waals surface area contributed by atoms with Crippen molar-refractivity contribution in [3.8, 4) is 0 Å². The summed E-state index contributed by atoms with van der Waals surface area (Å²) >= 11 is 1.28. The average Bonchev–Trinajstić information content (AvgIpc) is 2.55. The molecule has 0 unspecified atom stereocenters. The summed E-state index contributed by atoms with van der Waals surface area (Å²) in [4.78, 5) is 21.9. The highest BCUT2D eigenvalue weighted by atomic mass is 32.2. The maximum absolute atomic E-state index is 11.1. The monoisotopic (exact) mass is 228 g/mol. The lowest BCUT2D eigenvalue weighted by atomic mass is 10.3. The minimum Gasteiger partial charge on any atom is -0.475 e. The van der Waals surface area contributed by atoms with E-state index < -0.39 is 5.97 Å². The lowest BCUT2D eigenvalue weighted by Crippen LogP contribution is -2.27. The molecule has 1 aliphatic heterocycles. The van der Waals surface area contributed by atoms with Crippen LogP contribution in [0.2, 0.25) is 0 Å². The molecule has 7 heteroatoms. The molecule has 6 nitrogen and oxygen atoms in total. The zero-order valence-electron chi connectivity index (χ0n) is 7.79. The zero-order chi connectivity index (χ0) is 11.0. The van der Waals surface area contributed by atoms with Crippen molar-refractivity contribution in [2.75, 3.05) is 23.4 Å². The molecule has 80 valence electrons. The van der Waals surface area contributed by atoms with Crippen LogP contribution in [0.15, 0.2) is 9.51 Å². The number of carbonyl (C=O) groups is 2. The minimum absolute atomic E-state index is 0.124. The van der Waals surface area contributed by atoms with Gasteiger partial charge in [-0.2, -0.15) is 0 Å². The quantitative estimate of drug-likeness (QED) is 0.656. The van der Waals surface area contributed by atoms with Crippen LogP contribution < -0.4 is 10.6 Å². The van der Waals surface area contributed by atoms with Crippen LogP contribution >= 0.6 is 11.8 Å². The van der Waals surface area contributed by atoms with E-state index >= 15 is 0 Å². The van der Waals surface area contributed by atoms with Crippen LogP contribution in [-0.2, 0) is 4.79 Å². The second-order valence-corrected chi connectivity index (χ2v) is 3.66. The predicted molar refractivity (Wildman–Crippen MR) is 54.6 cm³/mol. The number of fused-ring (bicyclic) bond motifs is 1. The molecule has 1 aliphatic rings. The Morgan fingerprint density at radius 3 is 2.87 bits per heavy atom. The third-order valence-electron chi connectivity index (χ3n) is 1.95. The number of rotatable bonds is 2. The molecule has 0 saturated heterocycles. The van der Waals surface area contributed by atoms with Crippen LogP contribution in [0.4, 0.5) is 11.4 Å². The molecule has 0 saturated carbocycles. The predicted octanol–water partition coefficient (Wildman–Crippen LogP) is 1.06. The zero-order valence-corrected chi connectivity index (χ0v) is 8.60. The normalized spacial score (nSPS) is 14.1. The van der Waals surface area contributed by atoms with Gasteiger partial charge in [-0.15, -0.1) is 0 Å². The van der Waals surface area contributed by atoms with Crippen LogP contribution in [0.1, 0.15) is 10.6 Å². The van der Waals surface area contributed by atoms with Crippen molar-refractivity contribution < 1.29 is 19.1 Å². The number of hydrogen-bond donors (Lipinski definition) is 3. The van der Waals surface area contributed by atoms with E-state index in [1.165, 1.54) is 11.8 Å². The number of aromatic carboxylic acids is 1. The maximum atomic E-state index is 11.1. The second-order valence-electron chi connectivity index (χ2n) is 2.88. The number of carbonyl (C=O) groups excluding carboxylic acids is 1. The third-order valence-corrected chi connectivity index (χ3v) is 2.60. The number of nitrogens with one attached hydrogen (secondary N) is 2. The van der Waals surface area contributed by atoms with Gasteiger partial charge in [0.05, 0.1) is 6.54 Å². The molecule has 0 atom stereocenters. The lowest BCUT2D eigenvalue weighted by Gasteiger charge is -2.14. The molecule has 0 aromatic carbocycles. The van der Waals surface area contributed by atoms with E-state index in [2.05, 4.69) is 10.6 Å². The molecule has 1 amide bonds. The number of amides is 1. The van der Waals surface area contributed by atoms with Crippen LogP contribution in [0, 0.1) is 0 Å². The lowest BCUT2D eigenvalue weighted by molar-refractivity contribution is -0.114. The molecule has 2 rings (SSSR count). The Morgan fingerprint density at radius 2 is 2.27 bits per heavy atom. The van der Waals surface area contributed by atoms with Gasteiger partial charge in [0.2, 0.25) is 11.7 Å². The van der Waals surface area contributed by atoms with E-state index in [9.17, 15) is 9.59 Å². The minimum atomic E-state index is -1.20. The number of carboxylic acids is 1. The first-order valence-electron chi connectivity index (χ1n) is 4.11. The Labute approximate surface area is 89.0 Å². The second kappa shape index (κ2) is 3.50. The van der Waals surface area contributed by atoms with E-state index in [1.54, 1.807) is 6.26 Å². The first-order valence-corrected chi connectivity index (χ1v) is 5.33. The molecule has 0 aliphatic carbocycles. The highest BCUT2D eigenvalue weighted by Crippen LogP contribution is 2.40. The Bertz CT molecular complexity index is 440. The van der Waals surface area contributed by atoms with Gasteiger partial charge in [-0.1, -0.05) is 11.8 Å². The smallest absolute Gasteiger partial charge is 0.374 e. The van der Waals surface area contributed by atoms with Crippen molar-refractivity contribution in [1.82, 2.24) is 0 Å². The Hall–Kier alpha value is -1.63. The molecule has 1 aromatic rings. The fraction of sp³-hybridized carbons (Fsp3) is 0.250. The summed E-state index contributed by atoms with van der Waals surface area (Å²) in [6.45, 7) is 0.124. The molecule has 0 radical (unpaired) electrons. The molecular weight excluding hydrogens is 220 g/mol. The topological polar surface area (TPSA) is 91.6 Å². The van der Waals surface area contributed by atoms with Gasteiger partial charge in [-0.25, -0.2) is 4.79 Å². The van der Waals surface area contributed by atoms with E-state index in [0.29, 0.717) is 10.8 Å². The van der Waals surface area contributed by atoms with Crippen LogP contribution in [0.25, 0.3) is 0 Å². The molecular formula is C8H8N2O4S. The molecule has 3 N–H and O–H groups in total. The third kappa shape index (κ3) is 1.54. The van der Waals surface area contributed by atoms with Crippen molar-refractivity contribution in [2.24, 2.45) is 0 Å². The number of carboxylic acid groups (broad SMARTS) is 1. The van der Waals surface area contributed by atoms with Gasteiger partial charge in [0, 0.05) is 0 Å². The van der Waals surface area contributed by atoms with Crippen molar-refractivity contribution in [3.05, 3.63) is 5.76 Å². The van der Waals surface area contributed by atoms with Gasteiger partial charge in [0.15, 0.2) is 5.09 Å².